The molecule has 0 amide bonds. The van der Waals surface area contributed by atoms with E-state index in [4.69, 9.17) is 14.2 Å². The first kappa shape index (κ1) is 34.0. The fraction of sp³-hybridized carbons (Fsp3) is 0.486. The van der Waals surface area contributed by atoms with Crippen LogP contribution in [0, 0.1) is 23.5 Å². The molecule has 1 saturated heterocycles. The molecule has 3 aromatic carbocycles. The molecule has 46 heavy (non-hydrogen) atoms. The first-order chi connectivity index (χ1) is 21.9. The lowest BCUT2D eigenvalue weighted by Gasteiger charge is -2.37. The fourth-order valence-electron chi connectivity index (χ4n) is 6.23. The predicted molar refractivity (Wildman–Crippen MR) is 157 cm³/mol. The van der Waals surface area contributed by atoms with Crippen molar-refractivity contribution in [1.82, 2.24) is 0 Å². The summed E-state index contributed by atoms with van der Waals surface area (Å²) >= 11 is 0. The van der Waals surface area contributed by atoms with Crippen LogP contribution < -0.4 is 9.47 Å². The summed E-state index contributed by atoms with van der Waals surface area (Å²) in [7, 11) is 0. The number of unbranched alkanes of at least 4 members (excludes halogenated alkanes) is 2. The summed E-state index contributed by atoms with van der Waals surface area (Å²) < 4.78 is 117. The van der Waals surface area contributed by atoms with E-state index in [0.29, 0.717) is 30.0 Å². The van der Waals surface area contributed by atoms with Crippen molar-refractivity contribution >= 4 is 0 Å². The van der Waals surface area contributed by atoms with Crippen molar-refractivity contribution in [1.29, 1.82) is 0 Å². The first-order valence-corrected chi connectivity index (χ1v) is 15.7. The molecule has 2 fully saturated rings. The van der Waals surface area contributed by atoms with Gasteiger partial charge in [0.1, 0.15) is 11.6 Å². The summed E-state index contributed by atoms with van der Waals surface area (Å²) in [4.78, 5) is 0. The zero-order chi connectivity index (χ0) is 32.9. The van der Waals surface area contributed by atoms with Gasteiger partial charge in [-0.15, -0.1) is 13.2 Å². The molecule has 1 heterocycles. The number of hydrogen-bond donors (Lipinski definition) is 0. The SMILES string of the molecule is CCCCCC1COC(C2CCC(c3ccc(C(F)(F)Oc4ccc(-c5ccc(OC(F)(F)F)c(F)c5)c(F)c4)cc3)CC2)OC1. The molecule has 250 valence electrons. The van der Waals surface area contributed by atoms with Crippen LogP contribution in [-0.4, -0.2) is 25.9 Å². The maximum atomic E-state index is 15.0. The van der Waals surface area contributed by atoms with E-state index in [1.54, 1.807) is 12.1 Å². The number of ether oxygens (including phenoxy) is 4. The highest BCUT2D eigenvalue weighted by atomic mass is 19.4. The third-order valence-electron chi connectivity index (χ3n) is 8.74. The van der Waals surface area contributed by atoms with Gasteiger partial charge >= 0.3 is 12.5 Å². The Labute approximate surface area is 263 Å². The number of halogens is 7. The molecule has 1 aliphatic carbocycles. The molecule has 0 aromatic heterocycles. The molecular formula is C35H37F7O4. The predicted octanol–water partition coefficient (Wildman–Crippen LogP) is 10.5. The van der Waals surface area contributed by atoms with Crippen LogP contribution in [0.2, 0.25) is 0 Å². The number of benzene rings is 3. The van der Waals surface area contributed by atoms with Crippen LogP contribution in [0.25, 0.3) is 11.1 Å². The quantitative estimate of drug-likeness (QED) is 0.152. The van der Waals surface area contributed by atoms with Crippen molar-refractivity contribution in [2.75, 3.05) is 13.2 Å². The Hall–Kier alpha value is -3.31. The normalized spacial score (nSPS) is 22.4. The van der Waals surface area contributed by atoms with Crippen molar-refractivity contribution in [3.63, 3.8) is 0 Å². The Bertz CT molecular complexity index is 1430. The molecule has 11 heteroatoms. The lowest BCUT2D eigenvalue weighted by Crippen LogP contribution is -2.38. The Morgan fingerprint density at radius 2 is 1.46 bits per heavy atom. The molecule has 0 unspecified atom stereocenters. The van der Waals surface area contributed by atoms with E-state index in [1.807, 2.05) is 0 Å². The highest BCUT2D eigenvalue weighted by Gasteiger charge is 2.36. The lowest BCUT2D eigenvalue weighted by atomic mass is 9.78. The van der Waals surface area contributed by atoms with Crippen LogP contribution in [0.4, 0.5) is 30.7 Å². The maximum Gasteiger partial charge on any atom is 0.573 e. The van der Waals surface area contributed by atoms with Gasteiger partial charge in [0.15, 0.2) is 17.9 Å². The van der Waals surface area contributed by atoms with Gasteiger partial charge in [-0.2, -0.15) is 8.78 Å². The average Bonchev–Trinajstić information content (AvgIpc) is 3.02. The number of rotatable bonds is 11. The van der Waals surface area contributed by atoms with E-state index >= 15 is 8.78 Å². The average molecular weight is 655 g/mol. The number of alkyl halides is 5. The summed E-state index contributed by atoms with van der Waals surface area (Å²) in [6.45, 7) is 3.66. The molecule has 0 spiro atoms. The zero-order valence-electron chi connectivity index (χ0n) is 25.4. The minimum absolute atomic E-state index is 0.113. The van der Waals surface area contributed by atoms with Gasteiger partial charge in [-0.3, -0.25) is 0 Å². The van der Waals surface area contributed by atoms with Gasteiger partial charge in [0, 0.05) is 23.5 Å². The summed E-state index contributed by atoms with van der Waals surface area (Å²) in [5.41, 5.74) is 0.209. The van der Waals surface area contributed by atoms with Gasteiger partial charge < -0.3 is 18.9 Å². The standard InChI is InChI=1S/C35H37F7O4/c1-2-3-4-5-22-20-43-33(44-21-22)25-8-6-23(7-9-25)24-10-13-27(14-11-24)34(38,39)45-28-15-16-29(30(36)19-28)26-12-17-32(31(37)18-26)46-35(40,41)42/h10-19,22-23,25,33H,2-9,20-21H2,1H3. The lowest BCUT2D eigenvalue weighted by molar-refractivity contribution is -0.275. The summed E-state index contributed by atoms with van der Waals surface area (Å²) in [6.07, 6.45) is -0.672. The topological polar surface area (TPSA) is 36.9 Å². The monoisotopic (exact) mass is 654 g/mol. The number of hydrogen-bond acceptors (Lipinski definition) is 4. The van der Waals surface area contributed by atoms with Gasteiger partial charge in [-0.25, -0.2) is 8.78 Å². The molecule has 1 aliphatic heterocycles. The van der Waals surface area contributed by atoms with Crippen LogP contribution in [0.5, 0.6) is 11.5 Å². The summed E-state index contributed by atoms with van der Waals surface area (Å²) in [5.74, 6) is -2.95. The first-order valence-electron chi connectivity index (χ1n) is 15.7. The van der Waals surface area contributed by atoms with Crippen LogP contribution in [0.3, 0.4) is 0 Å². The van der Waals surface area contributed by atoms with E-state index < -0.39 is 41.2 Å². The van der Waals surface area contributed by atoms with E-state index in [2.05, 4.69) is 11.7 Å². The second-order valence-corrected chi connectivity index (χ2v) is 12.1. The van der Waals surface area contributed by atoms with Crippen molar-refractivity contribution in [3.8, 4) is 22.6 Å². The Balaban J connectivity index is 1.14. The zero-order valence-corrected chi connectivity index (χ0v) is 25.4. The van der Waals surface area contributed by atoms with Gasteiger partial charge in [-0.1, -0.05) is 44.4 Å². The van der Waals surface area contributed by atoms with E-state index in [-0.39, 0.29) is 23.3 Å². The second-order valence-electron chi connectivity index (χ2n) is 12.1. The van der Waals surface area contributed by atoms with Gasteiger partial charge in [0.25, 0.3) is 0 Å². The van der Waals surface area contributed by atoms with Crippen LogP contribution in [-0.2, 0) is 15.6 Å². The Morgan fingerprint density at radius 1 is 0.761 bits per heavy atom. The minimum Gasteiger partial charge on any atom is -0.429 e. The third kappa shape index (κ3) is 8.73. The van der Waals surface area contributed by atoms with Crippen molar-refractivity contribution in [2.24, 2.45) is 11.8 Å². The molecular weight excluding hydrogens is 617 g/mol. The van der Waals surface area contributed by atoms with Crippen molar-refractivity contribution in [2.45, 2.75) is 83.0 Å². The molecule has 0 radical (unpaired) electrons. The Kier molecular flexibility index (Phi) is 10.8. The molecule has 1 saturated carbocycles. The van der Waals surface area contributed by atoms with Gasteiger partial charge in [0.05, 0.1) is 18.8 Å². The highest BCUT2D eigenvalue weighted by Crippen LogP contribution is 2.41. The minimum atomic E-state index is -5.10. The maximum absolute atomic E-state index is 15.0. The molecule has 4 nitrogen and oxygen atoms in total. The molecule has 0 N–H and O–H groups in total. The fourth-order valence-corrected chi connectivity index (χ4v) is 6.23. The molecule has 2 aliphatic rings. The van der Waals surface area contributed by atoms with Gasteiger partial charge in [0.2, 0.25) is 0 Å². The van der Waals surface area contributed by atoms with Gasteiger partial charge in [-0.05, 0) is 85.5 Å². The van der Waals surface area contributed by atoms with Crippen LogP contribution in [0.1, 0.15) is 75.3 Å². The largest absolute Gasteiger partial charge is 0.573 e. The van der Waals surface area contributed by atoms with Crippen LogP contribution in [0.15, 0.2) is 60.7 Å². The summed E-state index contributed by atoms with van der Waals surface area (Å²) in [6, 6.07) is 11.2. The molecule has 0 bridgehead atoms. The van der Waals surface area contributed by atoms with Crippen molar-refractivity contribution < 1.29 is 49.7 Å². The van der Waals surface area contributed by atoms with E-state index in [1.165, 1.54) is 31.4 Å². The smallest absolute Gasteiger partial charge is 0.429 e. The molecule has 5 rings (SSSR count). The van der Waals surface area contributed by atoms with Crippen LogP contribution >= 0.6 is 0 Å². The molecule has 3 aromatic rings. The van der Waals surface area contributed by atoms with Crippen molar-refractivity contribution in [3.05, 3.63) is 83.4 Å². The molecule has 0 atom stereocenters. The van der Waals surface area contributed by atoms with E-state index in [0.717, 1.165) is 69.1 Å². The third-order valence-corrected chi connectivity index (χ3v) is 8.74. The van der Waals surface area contributed by atoms with E-state index in [9.17, 15) is 22.0 Å². The highest BCUT2D eigenvalue weighted by molar-refractivity contribution is 5.66. The Morgan fingerprint density at radius 3 is 2.07 bits per heavy atom. The second kappa shape index (κ2) is 14.6. The summed E-state index contributed by atoms with van der Waals surface area (Å²) in [5, 5.41) is 0.